The largest absolute Gasteiger partial charge is 0.322 e. The van der Waals surface area contributed by atoms with Gasteiger partial charge in [-0.05, 0) is 49.9 Å². The SMILES string of the molecule is Cc1nc2c(C(=O)Nc3ccc(Cl)c(Cl)c3)cnn2c2c1CCC2. The van der Waals surface area contributed by atoms with Gasteiger partial charge in [-0.15, -0.1) is 0 Å². The molecule has 7 heteroatoms. The van der Waals surface area contributed by atoms with E-state index in [2.05, 4.69) is 15.4 Å². The van der Waals surface area contributed by atoms with Gasteiger partial charge in [-0.3, -0.25) is 4.79 Å². The van der Waals surface area contributed by atoms with Crippen LogP contribution in [-0.2, 0) is 12.8 Å². The first-order valence-corrected chi connectivity index (χ1v) is 8.42. The summed E-state index contributed by atoms with van der Waals surface area (Å²) in [5, 5.41) is 8.02. The van der Waals surface area contributed by atoms with Crippen molar-refractivity contribution in [1.29, 1.82) is 0 Å². The highest BCUT2D eigenvalue weighted by Crippen LogP contribution is 2.27. The molecule has 0 unspecified atom stereocenters. The lowest BCUT2D eigenvalue weighted by atomic mass is 10.2. The van der Waals surface area contributed by atoms with Crippen molar-refractivity contribution in [3.8, 4) is 0 Å². The van der Waals surface area contributed by atoms with Gasteiger partial charge in [0.05, 0.1) is 16.2 Å². The third kappa shape index (κ3) is 2.44. The Hall–Kier alpha value is -2.11. The normalized spacial score (nSPS) is 13.3. The van der Waals surface area contributed by atoms with Crippen LogP contribution in [0.25, 0.3) is 5.65 Å². The predicted molar refractivity (Wildman–Crippen MR) is 94.2 cm³/mol. The zero-order valence-electron chi connectivity index (χ0n) is 12.9. The lowest BCUT2D eigenvalue weighted by Gasteiger charge is -2.08. The highest BCUT2D eigenvalue weighted by molar-refractivity contribution is 6.42. The van der Waals surface area contributed by atoms with Crippen molar-refractivity contribution in [2.45, 2.75) is 26.2 Å². The maximum atomic E-state index is 12.6. The number of anilines is 1. The maximum absolute atomic E-state index is 12.6. The molecule has 0 atom stereocenters. The minimum absolute atomic E-state index is 0.270. The maximum Gasteiger partial charge on any atom is 0.261 e. The van der Waals surface area contributed by atoms with Gasteiger partial charge < -0.3 is 5.32 Å². The van der Waals surface area contributed by atoms with Gasteiger partial charge in [0.1, 0.15) is 5.56 Å². The summed E-state index contributed by atoms with van der Waals surface area (Å²) in [7, 11) is 0. The fraction of sp³-hybridized carbons (Fsp3) is 0.235. The van der Waals surface area contributed by atoms with Gasteiger partial charge in [-0.2, -0.15) is 5.10 Å². The fourth-order valence-electron chi connectivity index (χ4n) is 3.16. The van der Waals surface area contributed by atoms with Crippen LogP contribution < -0.4 is 5.32 Å². The molecule has 122 valence electrons. The van der Waals surface area contributed by atoms with E-state index < -0.39 is 0 Å². The lowest BCUT2D eigenvalue weighted by molar-refractivity contribution is 0.102. The smallest absolute Gasteiger partial charge is 0.261 e. The van der Waals surface area contributed by atoms with E-state index in [4.69, 9.17) is 23.2 Å². The number of carbonyl (C=O) groups excluding carboxylic acids is 1. The van der Waals surface area contributed by atoms with Crippen LogP contribution in [-0.4, -0.2) is 20.5 Å². The van der Waals surface area contributed by atoms with Gasteiger partial charge in [-0.1, -0.05) is 23.2 Å². The molecule has 0 spiro atoms. The number of rotatable bonds is 2. The van der Waals surface area contributed by atoms with Crippen LogP contribution in [0.3, 0.4) is 0 Å². The van der Waals surface area contributed by atoms with Crippen molar-refractivity contribution in [1.82, 2.24) is 14.6 Å². The number of hydrogen-bond acceptors (Lipinski definition) is 3. The Kier molecular flexibility index (Phi) is 3.70. The molecule has 0 bridgehead atoms. The Morgan fingerprint density at radius 3 is 2.88 bits per heavy atom. The minimum Gasteiger partial charge on any atom is -0.322 e. The molecule has 2 aromatic heterocycles. The van der Waals surface area contributed by atoms with Crippen LogP contribution >= 0.6 is 23.2 Å². The van der Waals surface area contributed by atoms with Crippen molar-refractivity contribution in [3.05, 3.63) is 57.0 Å². The molecule has 1 N–H and O–H groups in total. The average molecular weight is 361 g/mol. The van der Waals surface area contributed by atoms with Crippen molar-refractivity contribution in [2.24, 2.45) is 0 Å². The molecular formula is C17H14Cl2N4O. The minimum atomic E-state index is -0.270. The molecule has 0 fully saturated rings. The molecule has 0 aliphatic heterocycles. The second kappa shape index (κ2) is 5.76. The summed E-state index contributed by atoms with van der Waals surface area (Å²) in [5.74, 6) is -0.270. The second-order valence-electron chi connectivity index (χ2n) is 5.85. The predicted octanol–water partition coefficient (Wildman–Crippen LogP) is 4.09. The molecule has 1 amide bonds. The molecule has 1 aromatic carbocycles. The second-order valence-corrected chi connectivity index (χ2v) is 6.67. The van der Waals surface area contributed by atoms with Crippen LogP contribution in [0, 0.1) is 6.92 Å². The topological polar surface area (TPSA) is 59.3 Å². The Morgan fingerprint density at radius 2 is 2.08 bits per heavy atom. The van der Waals surface area contributed by atoms with Gasteiger partial charge in [-0.25, -0.2) is 9.50 Å². The molecule has 5 nitrogen and oxygen atoms in total. The van der Waals surface area contributed by atoms with E-state index in [1.807, 2.05) is 6.92 Å². The number of nitrogens with zero attached hydrogens (tertiary/aromatic N) is 3. The molecule has 1 aliphatic carbocycles. The molecule has 0 saturated carbocycles. The van der Waals surface area contributed by atoms with E-state index in [-0.39, 0.29) is 5.91 Å². The van der Waals surface area contributed by atoms with Gasteiger partial charge in [0.2, 0.25) is 0 Å². The summed E-state index contributed by atoms with van der Waals surface area (Å²) in [5.41, 5.74) is 4.99. The summed E-state index contributed by atoms with van der Waals surface area (Å²) in [4.78, 5) is 17.2. The van der Waals surface area contributed by atoms with E-state index >= 15 is 0 Å². The number of amides is 1. The van der Waals surface area contributed by atoms with Crippen LogP contribution in [0.4, 0.5) is 5.69 Å². The van der Waals surface area contributed by atoms with E-state index in [9.17, 15) is 4.79 Å². The van der Waals surface area contributed by atoms with E-state index in [1.165, 1.54) is 5.56 Å². The highest BCUT2D eigenvalue weighted by atomic mass is 35.5. The van der Waals surface area contributed by atoms with Crippen molar-refractivity contribution < 1.29 is 4.79 Å². The van der Waals surface area contributed by atoms with Gasteiger partial charge in [0, 0.05) is 17.1 Å². The Balaban J connectivity index is 1.72. The molecule has 1 aliphatic rings. The number of aryl methyl sites for hydroxylation is 2. The highest BCUT2D eigenvalue weighted by Gasteiger charge is 2.22. The Bertz CT molecular complexity index is 980. The molecule has 0 saturated heterocycles. The standard InChI is InChI=1S/C17H14Cl2N4O/c1-9-11-3-2-4-15(11)23-16(21-9)12(8-20-23)17(24)22-10-5-6-13(18)14(19)7-10/h5-8H,2-4H2,1H3,(H,22,24). The van der Waals surface area contributed by atoms with E-state index in [0.29, 0.717) is 26.9 Å². The van der Waals surface area contributed by atoms with E-state index in [0.717, 1.165) is 30.7 Å². The quantitative estimate of drug-likeness (QED) is 0.748. The third-order valence-corrected chi connectivity index (χ3v) is 5.06. The van der Waals surface area contributed by atoms with Crippen molar-refractivity contribution in [3.63, 3.8) is 0 Å². The van der Waals surface area contributed by atoms with Crippen LogP contribution in [0.1, 0.15) is 33.7 Å². The summed E-state index contributed by atoms with van der Waals surface area (Å²) < 4.78 is 1.79. The first kappa shape index (κ1) is 15.4. The van der Waals surface area contributed by atoms with Gasteiger partial charge >= 0.3 is 0 Å². The number of halogens is 2. The number of fused-ring (bicyclic) bond motifs is 3. The fourth-order valence-corrected chi connectivity index (χ4v) is 3.46. The van der Waals surface area contributed by atoms with Crippen LogP contribution in [0.2, 0.25) is 10.0 Å². The van der Waals surface area contributed by atoms with Crippen molar-refractivity contribution >= 4 is 40.4 Å². The zero-order valence-corrected chi connectivity index (χ0v) is 14.4. The number of carbonyl (C=O) groups is 1. The third-order valence-electron chi connectivity index (χ3n) is 4.32. The summed E-state index contributed by atoms with van der Waals surface area (Å²) in [6, 6.07) is 4.96. The molecule has 4 rings (SSSR count). The lowest BCUT2D eigenvalue weighted by Crippen LogP contribution is -2.13. The first-order valence-electron chi connectivity index (χ1n) is 7.67. The number of hydrogen-bond donors (Lipinski definition) is 1. The number of nitrogens with one attached hydrogen (secondary N) is 1. The summed E-state index contributed by atoms with van der Waals surface area (Å²) >= 11 is 11.9. The molecule has 2 heterocycles. The molecule has 0 radical (unpaired) electrons. The van der Waals surface area contributed by atoms with Crippen LogP contribution in [0.15, 0.2) is 24.4 Å². The molecular weight excluding hydrogens is 347 g/mol. The summed E-state index contributed by atoms with van der Waals surface area (Å²) in [6.45, 7) is 1.98. The first-order chi connectivity index (χ1) is 11.5. The Morgan fingerprint density at radius 1 is 1.25 bits per heavy atom. The van der Waals surface area contributed by atoms with Gasteiger partial charge in [0.15, 0.2) is 5.65 Å². The number of aromatic nitrogens is 3. The average Bonchev–Trinajstić information content (AvgIpc) is 3.17. The van der Waals surface area contributed by atoms with Crippen LogP contribution in [0.5, 0.6) is 0 Å². The van der Waals surface area contributed by atoms with Crippen molar-refractivity contribution in [2.75, 3.05) is 5.32 Å². The monoisotopic (exact) mass is 360 g/mol. The summed E-state index contributed by atoms with van der Waals surface area (Å²) in [6.07, 6.45) is 4.65. The number of benzene rings is 1. The zero-order chi connectivity index (χ0) is 16.8. The van der Waals surface area contributed by atoms with Gasteiger partial charge in [0.25, 0.3) is 5.91 Å². The Labute approximate surface area is 148 Å². The molecule has 24 heavy (non-hydrogen) atoms. The van der Waals surface area contributed by atoms with E-state index in [1.54, 1.807) is 28.9 Å². The molecule has 3 aromatic rings.